The number of aromatic nitrogens is 1. The molecule has 19 heavy (non-hydrogen) atoms. The summed E-state index contributed by atoms with van der Waals surface area (Å²) in [7, 11) is 0. The topological polar surface area (TPSA) is 68.3 Å². The Bertz CT molecular complexity index is 561. The molecule has 0 aliphatic heterocycles. The number of nitrogens with one attached hydrogen (secondary N) is 1. The van der Waals surface area contributed by atoms with Crippen molar-refractivity contribution < 1.29 is 14.3 Å². The van der Waals surface area contributed by atoms with E-state index >= 15 is 0 Å². The normalized spacial score (nSPS) is 10.4. The third kappa shape index (κ3) is 3.75. The number of carbonyl (C=O) groups excluding carboxylic acids is 2. The second kappa shape index (κ2) is 6.29. The van der Waals surface area contributed by atoms with E-state index in [9.17, 15) is 9.59 Å². The standard InChI is InChI=1S/C13H14N2O3S/c1-2-18-13(17)7-11(16)14-8-12-15-9-5-3-4-6-10(9)19-12/h3-6H,2,7-8H2,1H3,(H,14,16). The first-order valence-corrected chi connectivity index (χ1v) is 6.77. The lowest BCUT2D eigenvalue weighted by Crippen LogP contribution is -2.25. The molecule has 6 heteroatoms. The van der Waals surface area contributed by atoms with E-state index in [1.54, 1.807) is 6.92 Å². The molecule has 1 aromatic carbocycles. The fourth-order valence-corrected chi connectivity index (χ4v) is 2.48. The molecule has 0 aliphatic carbocycles. The van der Waals surface area contributed by atoms with Crippen molar-refractivity contribution in [1.82, 2.24) is 10.3 Å². The summed E-state index contributed by atoms with van der Waals surface area (Å²) < 4.78 is 5.78. The van der Waals surface area contributed by atoms with Crippen LogP contribution in [0.3, 0.4) is 0 Å². The molecule has 0 saturated carbocycles. The van der Waals surface area contributed by atoms with Gasteiger partial charge in [-0.2, -0.15) is 0 Å². The van der Waals surface area contributed by atoms with Gasteiger partial charge in [-0.15, -0.1) is 11.3 Å². The molecule has 1 N–H and O–H groups in total. The van der Waals surface area contributed by atoms with Crippen LogP contribution in [0.15, 0.2) is 24.3 Å². The summed E-state index contributed by atoms with van der Waals surface area (Å²) in [6.45, 7) is 2.32. The molecule has 0 spiro atoms. The second-order valence-corrected chi connectivity index (χ2v) is 4.95. The van der Waals surface area contributed by atoms with Crippen LogP contribution >= 0.6 is 11.3 Å². The molecule has 0 radical (unpaired) electrons. The Labute approximate surface area is 114 Å². The molecule has 1 amide bonds. The molecular weight excluding hydrogens is 264 g/mol. The molecular formula is C13H14N2O3S. The van der Waals surface area contributed by atoms with Gasteiger partial charge in [0.05, 0.1) is 23.4 Å². The lowest BCUT2D eigenvalue weighted by molar-refractivity contribution is -0.146. The van der Waals surface area contributed by atoms with Gasteiger partial charge in [0.15, 0.2) is 0 Å². The number of fused-ring (bicyclic) bond motifs is 1. The Morgan fingerprint density at radius 3 is 2.89 bits per heavy atom. The number of amides is 1. The number of rotatable bonds is 5. The zero-order valence-electron chi connectivity index (χ0n) is 10.5. The van der Waals surface area contributed by atoms with Crippen LogP contribution in [0.4, 0.5) is 0 Å². The zero-order chi connectivity index (χ0) is 13.7. The van der Waals surface area contributed by atoms with E-state index in [1.165, 1.54) is 11.3 Å². The summed E-state index contributed by atoms with van der Waals surface area (Å²) >= 11 is 1.53. The highest BCUT2D eigenvalue weighted by atomic mass is 32.1. The molecule has 5 nitrogen and oxygen atoms in total. The molecule has 1 heterocycles. The molecule has 0 atom stereocenters. The number of thiazole rings is 1. The Morgan fingerprint density at radius 2 is 2.16 bits per heavy atom. The third-order valence-electron chi connectivity index (χ3n) is 2.39. The predicted octanol–water partition coefficient (Wildman–Crippen LogP) is 1.87. The first kappa shape index (κ1) is 13.5. The van der Waals surface area contributed by atoms with Gasteiger partial charge in [0, 0.05) is 0 Å². The Morgan fingerprint density at radius 1 is 1.37 bits per heavy atom. The largest absolute Gasteiger partial charge is 0.466 e. The number of esters is 1. The van der Waals surface area contributed by atoms with Crippen molar-refractivity contribution in [3.8, 4) is 0 Å². The predicted molar refractivity (Wildman–Crippen MR) is 72.7 cm³/mol. The van der Waals surface area contributed by atoms with Crippen molar-refractivity contribution in [2.24, 2.45) is 0 Å². The highest BCUT2D eigenvalue weighted by molar-refractivity contribution is 7.18. The average Bonchev–Trinajstić information content (AvgIpc) is 2.79. The quantitative estimate of drug-likeness (QED) is 0.669. The van der Waals surface area contributed by atoms with Crippen molar-refractivity contribution in [3.63, 3.8) is 0 Å². The molecule has 0 saturated heterocycles. The van der Waals surface area contributed by atoms with Gasteiger partial charge in [0.2, 0.25) is 5.91 Å². The number of nitrogens with zero attached hydrogens (tertiary/aromatic N) is 1. The van der Waals surface area contributed by atoms with E-state index in [2.05, 4.69) is 10.3 Å². The van der Waals surface area contributed by atoms with Crippen LogP contribution in [0.2, 0.25) is 0 Å². The highest BCUT2D eigenvalue weighted by Crippen LogP contribution is 2.21. The first-order valence-electron chi connectivity index (χ1n) is 5.96. The van der Waals surface area contributed by atoms with Gasteiger partial charge < -0.3 is 10.1 Å². The van der Waals surface area contributed by atoms with E-state index in [0.717, 1.165) is 15.2 Å². The Hall–Kier alpha value is -1.95. The number of carbonyl (C=O) groups is 2. The maximum atomic E-state index is 11.5. The monoisotopic (exact) mass is 278 g/mol. The van der Waals surface area contributed by atoms with Crippen LogP contribution in [0.1, 0.15) is 18.4 Å². The number of hydrogen-bond acceptors (Lipinski definition) is 5. The minimum atomic E-state index is -0.510. The summed E-state index contributed by atoms with van der Waals surface area (Å²) in [5.41, 5.74) is 0.919. The van der Waals surface area contributed by atoms with Gasteiger partial charge in [-0.1, -0.05) is 12.1 Å². The van der Waals surface area contributed by atoms with E-state index < -0.39 is 5.97 Å². The number of para-hydroxylation sites is 1. The summed E-state index contributed by atoms with van der Waals surface area (Å²) in [6, 6.07) is 7.78. The van der Waals surface area contributed by atoms with Crippen molar-refractivity contribution in [2.45, 2.75) is 19.9 Å². The number of benzene rings is 1. The molecule has 0 fully saturated rings. The maximum absolute atomic E-state index is 11.5. The van der Waals surface area contributed by atoms with Crippen LogP contribution in [0, 0.1) is 0 Å². The van der Waals surface area contributed by atoms with Crippen molar-refractivity contribution in [1.29, 1.82) is 0 Å². The van der Waals surface area contributed by atoms with Crippen LogP contribution in [-0.2, 0) is 20.9 Å². The molecule has 1 aromatic heterocycles. The SMILES string of the molecule is CCOC(=O)CC(=O)NCc1nc2ccccc2s1. The molecule has 2 rings (SSSR count). The molecule has 2 aromatic rings. The fourth-order valence-electron chi connectivity index (χ4n) is 1.58. The van der Waals surface area contributed by atoms with Crippen molar-refractivity contribution in [3.05, 3.63) is 29.3 Å². The van der Waals surface area contributed by atoms with Gasteiger partial charge in [-0.05, 0) is 19.1 Å². The summed E-state index contributed by atoms with van der Waals surface area (Å²) in [5.74, 6) is -0.859. The van der Waals surface area contributed by atoms with Crippen LogP contribution < -0.4 is 5.32 Å². The minimum Gasteiger partial charge on any atom is -0.466 e. The van der Waals surface area contributed by atoms with E-state index in [0.29, 0.717) is 6.54 Å². The fraction of sp³-hybridized carbons (Fsp3) is 0.308. The van der Waals surface area contributed by atoms with Crippen molar-refractivity contribution >= 4 is 33.4 Å². The lowest BCUT2D eigenvalue weighted by atomic mass is 10.3. The van der Waals surface area contributed by atoms with Gasteiger partial charge in [-0.3, -0.25) is 9.59 Å². The summed E-state index contributed by atoms with van der Waals surface area (Å²) in [4.78, 5) is 27.0. The van der Waals surface area contributed by atoms with Gasteiger partial charge in [0.1, 0.15) is 11.4 Å². The first-order chi connectivity index (χ1) is 9.19. The summed E-state index contributed by atoms with van der Waals surface area (Å²) in [6.07, 6.45) is -0.251. The smallest absolute Gasteiger partial charge is 0.315 e. The zero-order valence-corrected chi connectivity index (χ0v) is 11.3. The lowest BCUT2D eigenvalue weighted by Gasteiger charge is -2.02. The van der Waals surface area contributed by atoms with Gasteiger partial charge in [-0.25, -0.2) is 4.98 Å². The minimum absolute atomic E-state index is 0.251. The molecule has 100 valence electrons. The average molecular weight is 278 g/mol. The summed E-state index contributed by atoms with van der Waals surface area (Å²) in [5, 5.41) is 3.48. The third-order valence-corrected chi connectivity index (χ3v) is 3.42. The Balaban J connectivity index is 1.88. The van der Waals surface area contributed by atoms with Gasteiger partial charge >= 0.3 is 5.97 Å². The van der Waals surface area contributed by atoms with E-state index in [4.69, 9.17) is 4.74 Å². The van der Waals surface area contributed by atoms with E-state index in [-0.39, 0.29) is 18.9 Å². The van der Waals surface area contributed by atoms with Crippen molar-refractivity contribution in [2.75, 3.05) is 6.61 Å². The number of hydrogen-bond donors (Lipinski definition) is 1. The number of ether oxygens (including phenoxy) is 1. The van der Waals surface area contributed by atoms with Crippen LogP contribution in [0.5, 0.6) is 0 Å². The van der Waals surface area contributed by atoms with Crippen LogP contribution in [0.25, 0.3) is 10.2 Å². The second-order valence-electron chi connectivity index (χ2n) is 3.83. The Kier molecular flexibility index (Phi) is 4.46. The highest BCUT2D eigenvalue weighted by Gasteiger charge is 2.10. The van der Waals surface area contributed by atoms with Gasteiger partial charge in [0.25, 0.3) is 0 Å². The van der Waals surface area contributed by atoms with Crippen LogP contribution in [-0.4, -0.2) is 23.5 Å². The molecule has 0 unspecified atom stereocenters. The van der Waals surface area contributed by atoms with E-state index in [1.807, 2.05) is 24.3 Å². The molecule has 0 aliphatic rings. The molecule has 0 bridgehead atoms. The maximum Gasteiger partial charge on any atom is 0.315 e.